The van der Waals surface area contributed by atoms with Crippen LogP contribution in [-0.4, -0.2) is 40.9 Å². The summed E-state index contributed by atoms with van der Waals surface area (Å²) in [6, 6.07) is 11.2. The number of nitrogens with one attached hydrogen (secondary N) is 2. The number of benzene rings is 1. The van der Waals surface area contributed by atoms with Gasteiger partial charge in [-0.25, -0.2) is 4.98 Å². The van der Waals surface area contributed by atoms with Crippen molar-refractivity contribution >= 4 is 38.7 Å². The summed E-state index contributed by atoms with van der Waals surface area (Å²) in [4.78, 5) is 23.0. The molecule has 1 aliphatic heterocycles. The van der Waals surface area contributed by atoms with Gasteiger partial charge in [-0.15, -0.1) is 0 Å². The Morgan fingerprint density at radius 2 is 2.00 bits per heavy atom. The highest BCUT2D eigenvalue weighted by molar-refractivity contribution is 9.10. The molecule has 0 bridgehead atoms. The van der Waals surface area contributed by atoms with Crippen molar-refractivity contribution in [2.45, 2.75) is 18.8 Å². The number of likely N-dealkylation sites (tertiary alicyclic amines) is 1. The minimum Gasteiger partial charge on any atom is -0.360 e. The summed E-state index contributed by atoms with van der Waals surface area (Å²) in [5.41, 5.74) is 3.83. The standard InChI is InChI=1S/C20H21BrN4O/c1-25-10-8-13(9-11-25)15-12-22-17-6-7-18(23-19(15)17)24-20(26)14-4-2-3-5-16(14)21/h2-7,12-13,22H,8-11H2,1H3,(H,23,24,26). The maximum Gasteiger partial charge on any atom is 0.257 e. The van der Waals surface area contributed by atoms with E-state index in [1.54, 1.807) is 6.07 Å². The van der Waals surface area contributed by atoms with Gasteiger partial charge in [0.25, 0.3) is 5.91 Å². The predicted octanol–water partition coefficient (Wildman–Crippen LogP) is 4.39. The van der Waals surface area contributed by atoms with Crippen molar-refractivity contribution in [3.05, 3.63) is 58.2 Å². The van der Waals surface area contributed by atoms with Crippen LogP contribution in [0.15, 0.2) is 47.1 Å². The van der Waals surface area contributed by atoms with E-state index in [0.29, 0.717) is 17.3 Å². The quantitative estimate of drug-likeness (QED) is 0.670. The number of aromatic amines is 1. The van der Waals surface area contributed by atoms with Gasteiger partial charge in [0.05, 0.1) is 16.6 Å². The van der Waals surface area contributed by atoms with Gasteiger partial charge in [-0.2, -0.15) is 0 Å². The Morgan fingerprint density at radius 3 is 2.77 bits per heavy atom. The third kappa shape index (κ3) is 3.39. The maximum absolute atomic E-state index is 12.5. The van der Waals surface area contributed by atoms with Crippen molar-refractivity contribution in [1.29, 1.82) is 0 Å². The lowest BCUT2D eigenvalue weighted by Crippen LogP contribution is -2.29. The second-order valence-electron chi connectivity index (χ2n) is 6.85. The predicted molar refractivity (Wildman–Crippen MR) is 108 cm³/mol. The Labute approximate surface area is 160 Å². The number of anilines is 1. The number of hydrogen-bond acceptors (Lipinski definition) is 3. The van der Waals surface area contributed by atoms with Crippen molar-refractivity contribution in [2.75, 3.05) is 25.5 Å². The SMILES string of the molecule is CN1CCC(c2c[nH]c3ccc(NC(=O)c4ccccc4Br)nc23)CC1. The van der Waals surface area contributed by atoms with Crippen molar-refractivity contribution in [2.24, 2.45) is 0 Å². The lowest BCUT2D eigenvalue weighted by molar-refractivity contribution is 0.102. The number of nitrogens with zero attached hydrogens (tertiary/aromatic N) is 2. The smallest absolute Gasteiger partial charge is 0.257 e. The fourth-order valence-corrected chi connectivity index (χ4v) is 4.01. The Hall–Kier alpha value is -2.18. The average Bonchev–Trinajstić information content (AvgIpc) is 3.06. The number of halogens is 1. The molecule has 4 rings (SSSR count). The molecule has 2 N–H and O–H groups in total. The number of hydrogen-bond donors (Lipinski definition) is 2. The molecular formula is C20H21BrN4O. The van der Waals surface area contributed by atoms with Crippen molar-refractivity contribution < 1.29 is 4.79 Å². The summed E-state index contributed by atoms with van der Waals surface area (Å²) >= 11 is 3.42. The molecule has 3 aromatic rings. The molecule has 0 saturated carbocycles. The fraction of sp³-hybridized carbons (Fsp3) is 0.300. The third-order valence-electron chi connectivity index (χ3n) is 5.07. The number of rotatable bonds is 3. The Morgan fingerprint density at radius 1 is 1.23 bits per heavy atom. The molecule has 1 amide bonds. The van der Waals surface area contributed by atoms with Crippen LogP contribution >= 0.6 is 15.9 Å². The highest BCUT2D eigenvalue weighted by atomic mass is 79.9. The lowest BCUT2D eigenvalue weighted by Gasteiger charge is -2.28. The van der Waals surface area contributed by atoms with Gasteiger partial charge in [-0.05, 0) is 84.7 Å². The molecule has 1 saturated heterocycles. The van der Waals surface area contributed by atoms with E-state index in [-0.39, 0.29) is 5.91 Å². The van der Waals surface area contributed by atoms with E-state index in [2.05, 4.69) is 44.4 Å². The van der Waals surface area contributed by atoms with E-state index in [1.165, 1.54) is 5.56 Å². The van der Waals surface area contributed by atoms with Crippen LogP contribution < -0.4 is 5.32 Å². The van der Waals surface area contributed by atoms with E-state index in [4.69, 9.17) is 4.98 Å². The molecular weight excluding hydrogens is 392 g/mol. The number of pyridine rings is 1. The summed E-state index contributed by atoms with van der Waals surface area (Å²) in [5, 5.41) is 2.92. The molecule has 5 nitrogen and oxygen atoms in total. The van der Waals surface area contributed by atoms with Gasteiger partial charge in [0.2, 0.25) is 0 Å². The largest absolute Gasteiger partial charge is 0.360 e. The molecule has 1 aromatic carbocycles. The number of H-pyrrole nitrogens is 1. The van der Waals surface area contributed by atoms with Crippen molar-refractivity contribution in [3.63, 3.8) is 0 Å². The van der Waals surface area contributed by atoms with E-state index in [1.807, 2.05) is 30.3 Å². The normalized spacial score (nSPS) is 16.1. The highest BCUT2D eigenvalue weighted by Gasteiger charge is 2.22. The van der Waals surface area contributed by atoms with Gasteiger partial charge >= 0.3 is 0 Å². The first-order chi connectivity index (χ1) is 12.6. The fourth-order valence-electron chi connectivity index (χ4n) is 3.55. The van der Waals surface area contributed by atoms with E-state index in [9.17, 15) is 4.79 Å². The molecule has 2 aromatic heterocycles. The summed E-state index contributed by atoms with van der Waals surface area (Å²) in [6.45, 7) is 2.21. The summed E-state index contributed by atoms with van der Waals surface area (Å²) in [5.74, 6) is 0.925. The number of fused-ring (bicyclic) bond motifs is 1. The molecule has 0 spiro atoms. The Kier molecular flexibility index (Phi) is 4.78. The third-order valence-corrected chi connectivity index (χ3v) is 5.76. The minimum absolute atomic E-state index is 0.166. The van der Waals surface area contributed by atoms with Crippen LogP contribution in [-0.2, 0) is 0 Å². The van der Waals surface area contributed by atoms with Crippen molar-refractivity contribution in [3.8, 4) is 0 Å². The summed E-state index contributed by atoms with van der Waals surface area (Å²) in [7, 11) is 2.17. The number of carbonyl (C=O) groups is 1. The summed E-state index contributed by atoms with van der Waals surface area (Å²) < 4.78 is 0.771. The first kappa shape index (κ1) is 17.2. The Bertz CT molecular complexity index is 944. The van der Waals surface area contributed by atoms with Crippen molar-refractivity contribution in [1.82, 2.24) is 14.9 Å². The molecule has 1 fully saturated rings. The van der Waals surface area contributed by atoms with Gasteiger partial charge in [-0.3, -0.25) is 4.79 Å². The molecule has 1 aliphatic rings. The van der Waals surface area contributed by atoms with Crippen LogP contribution in [0.4, 0.5) is 5.82 Å². The van der Waals surface area contributed by atoms with Gasteiger partial charge in [0.15, 0.2) is 0 Å². The van der Waals surface area contributed by atoms with Gasteiger partial charge < -0.3 is 15.2 Å². The molecule has 0 atom stereocenters. The lowest BCUT2D eigenvalue weighted by atomic mass is 9.91. The number of aromatic nitrogens is 2. The molecule has 3 heterocycles. The topological polar surface area (TPSA) is 61.0 Å². The second kappa shape index (κ2) is 7.21. The number of amides is 1. The Balaban J connectivity index is 1.60. The number of piperidine rings is 1. The van der Waals surface area contributed by atoms with E-state index < -0.39 is 0 Å². The van der Waals surface area contributed by atoms with Gasteiger partial charge in [0.1, 0.15) is 5.82 Å². The zero-order valence-electron chi connectivity index (χ0n) is 14.6. The monoisotopic (exact) mass is 412 g/mol. The molecule has 26 heavy (non-hydrogen) atoms. The number of carbonyl (C=O) groups excluding carboxylic acids is 1. The molecule has 0 aliphatic carbocycles. The van der Waals surface area contributed by atoms with Crippen LogP contribution in [0.5, 0.6) is 0 Å². The van der Waals surface area contributed by atoms with E-state index >= 15 is 0 Å². The van der Waals surface area contributed by atoms with Gasteiger partial charge in [-0.1, -0.05) is 12.1 Å². The van der Waals surface area contributed by atoms with Crippen LogP contribution in [0.3, 0.4) is 0 Å². The highest BCUT2D eigenvalue weighted by Crippen LogP contribution is 2.32. The summed E-state index contributed by atoms with van der Waals surface area (Å²) in [6.07, 6.45) is 4.35. The molecule has 0 unspecified atom stereocenters. The van der Waals surface area contributed by atoms with Crippen LogP contribution in [0, 0.1) is 0 Å². The van der Waals surface area contributed by atoms with Crippen LogP contribution in [0.1, 0.15) is 34.7 Å². The zero-order chi connectivity index (χ0) is 18.1. The molecule has 134 valence electrons. The maximum atomic E-state index is 12.5. The van der Waals surface area contributed by atoms with Crippen LogP contribution in [0.2, 0.25) is 0 Å². The second-order valence-corrected chi connectivity index (χ2v) is 7.70. The first-order valence-corrected chi connectivity index (χ1v) is 9.63. The minimum atomic E-state index is -0.166. The first-order valence-electron chi connectivity index (χ1n) is 8.84. The zero-order valence-corrected chi connectivity index (χ0v) is 16.2. The average molecular weight is 413 g/mol. The molecule has 6 heteroatoms. The molecule has 0 radical (unpaired) electrons. The van der Waals surface area contributed by atoms with E-state index in [0.717, 1.165) is 41.4 Å². The van der Waals surface area contributed by atoms with Crippen LogP contribution in [0.25, 0.3) is 11.0 Å². The van der Waals surface area contributed by atoms with Gasteiger partial charge in [0, 0.05) is 10.7 Å².